The van der Waals surface area contributed by atoms with Crippen LogP contribution in [0.2, 0.25) is 5.02 Å². The third-order valence-electron chi connectivity index (χ3n) is 4.15. The van der Waals surface area contributed by atoms with E-state index >= 15 is 0 Å². The number of pyridine rings is 1. The number of benzene rings is 1. The third kappa shape index (κ3) is 4.85. The van der Waals surface area contributed by atoms with Crippen LogP contribution in [0.5, 0.6) is 5.75 Å². The molecule has 1 aromatic carbocycles. The summed E-state index contributed by atoms with van der Waals surface area (Å²) in [6, 6.07) is 8.02. The summed E-state index contributed by atoms with van der Waals surface area (Å²) >= 11 is 6.10. The van der Waals surface area contributed by atoms with Crippen LogP contribution < -0.4 is 10.1 Å². The van der Waals surface area contributed by atoms with Gasteiger partial charge in [-0.2, -0.15) is 0 Å². The maximum atomic E-state index is 14.0. The molecule has 0 aliphatic heterocycles. The highest BCUT2D eigenvalue weighted by atomic mass is 35.5. The van der Waals surface area contributed by atoms with Gasteiger partial charge in [0.15, 0.2) is 0 Å². The molecule has 0 bridgehead atoms. The van der Waals surface area contributed by atoms with Crippen molar-refractivity contribution in [2.45, 2.75) is 38.5 Å². The van der Waals surface area contributed by atoms with Gasteiger partial charge in [0, 0.05) is 22.8 Å². The number of hydrogen-bond acceptors (Lipinski definition) is 3. The molecule has 1 aliphatic rings. The van der Waals surface area contributed by atoms with Crippen LogP contribution in [-0.4, -0.2) is 34.6 Å². The highest BCUT2D eigenvalue weighted by Gasteiger charge is 2.33. The Morgan fingerprint density at radius 2 is 2.23 bits per heavy atom. The second-order valence-corrected chi connectivity index (χ2v) is 6.77. The number of ether oxygens (including phenoxy) is 1. The van der Waals surface area contributed by atoms with Gasteiger partial charge in [0.25, 0.3) is 0 Å². The quantitative estimate of drug-likeness (QED) is 0.793. The Kier molecular flexibility index (Phi) is 5.93. The number of carbonyl (C=O) groups excluding carboxylic acids is 1. The predicted molar refractivity (Wildman–Crippen MR) is 97.7 cm³/mol. The molecule has 0 spiro atoms. The maximum Gasteiger partial charge on any atom is 0.318 e. The highest BCUT2D eigenvalue weighted by Crippen LogP contribution is 2.30. The standard InChI is InChI=1S/C19H21ClFN3O2/c1-13(26-15-4-3-9-22-11-15)10-23-19(25)24(14-7-8-14)12-16-17(20)5-2-6-18(16)21/h2-6,9,11,13-14H,7-8,10,12H2,1H3,(H,23,25). The van der Waals surface area contributed by atoms with Gasteiger partial charge in [0.05, 0.1) is 19.3 Å². The first-order valence-corrected chi connectivity index (χ1v) is 8.96. The molecule has 1 atom stereocenters. The largest absolute Gasteiger partial charge is 0.487 e. The molecule has 5 nitrogen and oxygen atoms in total. The van der Waals surface area contributed by atoms with E-state index in [1.165, 1.54) is 6.07 Å². The first-order chi connectivity index (χ1) is 12.5. The van der Waals surface area contributed by atoms with Crippen LogP contribution in [0.3, 0.4) is 0 Å². The van der Waals surface area contributed by atoms with Crippen LogP contribution in [0.25, 0.3) is 0 Å². The van der Waals surface area contributed by atoms with Gasteiger partial charge in [-0.3, -0.25) is 4.98 Å². The van der Waals surface area contributed by atoms with E-state index in [4.69, 9.17) is 16.3 Å². The summed E-state index contributed by atoms with van der Waals surface area (Å²) < 4.78 is 19.7. The highest BCUT2D eigenvalue weighted by molar-refractivity contribution is 6.31. The molecule has 1 aromatic heterocycles. The molecule has 1 N–H and O–H groups in total. The number of hydrogen-bond donors (Lipinski definition) is 1. The Bertz CT molecular complexity index is 735. The molecule has 2 amide bonds. The molecule has 26 heavy (non-hydrogen) atoms. The van der Waals surface area contributed by atoms with Crippen LogP contribution in [0.15, 0.2) is 42.7 Å². The van der Waals surface area contributed by atoms with E-state index in [0.29, 0.717) is 22.9 Å². The van der Waals surface area contributed by atoms with E-state index in [0.717, 1.165) is 12.8 Å². The number of urea groups is 1. The van der Waals surface area contributed by atoms with Crippen molar-refractivity contribution in [1.82, 2.24) is 15.2 Å². The Hall–Kier alpha value is -2.34. The van der Waals surface area contributed by atoms with Gasteiger partial charge in [0.1, 0.15) is 17.7 Å². The lowest BCUT2D eigenvalue weighted by atomic mass is 10.2. The lowest BCUT2D eigenvalue weighted by molar-refractivity contribution is 0.177. The average Bonchev–Trinajstić information content (AvgIpc) is 3.45. The van der Waals surface area contributed by atoms with E-state index in [2.05, 4.69) is 10.3 Å². The van der Waals surface area contributed by atoms with Crippen molar-refractivity contribution in [3.8, 4) is 5.75 Å². The van der Waals surface area contributed by atoms with E-state index in [-0.39, 0.29) is 24.7 Å². The topological polar surface area (TPSA) is 54.5 Å². The molecular weight excluding hydrogens is 357 g/mol. The molecule has 1 unspecified atom stereocenters. The van der Waals surface area contributed by atoms with Crippen LogP contribution >= 0.6 is 11.6 Å². The molecule has 138 valence electrons. The van der Waals surface area contributed by atoms with E-state index < -0.39 is 5.82 Å². The predicted octanol–water partition coefficient (Wildman–Crippen LogP) is 4.02. The SMILES string of the molecule is CC(CNC(=O)N(Cc1c(F)cccc1Cl)C1CC1)Oc1cccnc1. The van der Waals surface area contributed by atoms with Gasteiger partial charge < -0.3 is 15.0 Å². The second-order valence-electron chi connectivity index (χ2n) is 6.36. The Balaban J connectivity index is 1.57. The molecule has 1 saturated carbocycles. The van der Waals surface area contributed by atoms with Crippen molar-refractivity contribution in [3.63, 3.8) is 0 Å². The zero-order valence-corrected chi connectivity index (χ0v) is 15.2. The number of carbonyl (C=O) groups is 1. The van der Waals surface area contributed by atoms with Crippen molar-refractivity contribution in [2.24, 2.45) is 0 Å². The van der Waals surface area contributed by atoms with Gasteiger partial charge in [-0.1, -0.05) is 17.7 Å². The number of nitrogens with one attached hydrogen (secondary N) is 1. The smallest absolute Gasteiger partial charge is 0.318 e. The Labute approximate surface area is 157 Å². The van der Waals surface area contributed by atoms with Crippen molar-refractivity contribution in [2.75, 3.05) is 6.54 Å². The average molecular weight is 378 g/mol. The molecule has 1 fully saturated rings. The van der Waals surface area contributed by atoms with Gasteiger partial charge in [-0.05, 0) is 44.0 Å². The van der Waals surface area contributed by atoms with E-state index in [9.17, 15) is 9.18 Å². The minimum Gasteiger partial charge on any atom is -0.487 e. The minimum absolute atomic E-state index is 0.125. The van der Waals surface area contributed by atoms with Crippen LogP contribution in [-0.2, 0) is 6.54 Å². The summed E-state index contributed by atoms with van der Waals surface area (Å²) in [5, 5.41) is 3.19. The molecular formula is C19H21ClFN3O2. The fourth-order valence-electron chi connectivity index (χ4n) is 2.63. The number of aromatic nitrogens is 1. The first kappa shape index (κ1) is 18.5. The third-order valence-corrected chi connectivity index (χ3v) is 4.51. The number of nitrogens with zero attached hydrogens (tertiary/aromatic N) is 2. The summed E-state index contributed by atoms with van der Waals surface area (Å²) in [4.78, 5) is 18.2. The summed E-state index contributed by atoms with van der Waals surface area (Å²) in [5.74, 6) is 0.246. The molecule has 1 heterocycles. The molecule has 2 aromatic rings. The summed E-state index contributed by atoms with van der Waals surface area (Å²) in [7, 11) is 0. The molecule has 7 heteroatoms. The zero-order chi connectivity index (χ0) is 18.5. The summed E-state index contributed by atoms with van der Waals surface area (Å²) in [5.41, 5.74) is 0.343. The number of amides is 2. The van der Waals surface area contributed by atoms with Crippen molar-refractivity contribution >= 4 is 17.6 Å². The van der Waals surface area contributed by atoms with E-state index in [1.54, 1.807) is 35.5 Å². The van der Waals surface area contributed by atoms with Crippen LogP contribution in [0.4, 0.5) is 9.18 Å². The molecule has 0 saturated heterocycles. The monoisotopic (exact) mass is 377 g/mol. The Morgan fingerprint density at radius 3 is 2.88 bits per heavy atom. The second kappa shape index (κ2) is 8.36. The molecule has 1 aliphatic carbocycles. The van der Waals surface area contributed by atoms with Gasteiger partial charge in [0.2, 0.25) is 0 Å². The maximum absolute atomic E-state index is 14.0. The zero-order valence-electron chi connectivity index (χ0n) is 14.5. The number of rotatable bonds is 7. The molecule has 0 radical (unpaired) electrons. The first-order valence-electron chi connectivity index (χ1n) is 8.58. The summed E-state index contributed by atoms with van der Waals surface area (Å²) in [6.45, 7) is 2.35. The minimum atomic E-state index is -0.399. The van der Waals surface area contributed by atoms with Crippen LogP contribution in [0, 0.1) is 5.82 Å². The van der Waals surface area contributed by atoms with E-state index in [1.807, 2.05) is 13.0 Å². The van der Waals surface area contributed by atoms with Crippen molar-refractivity contribution in [1.29, 1.82) is 0 Å². The van der Waals surface area contributed by atoms with Crippen molar-refractivity contribution < 1.29 is 13.9 Å². The Morgan fingerprint density at radius 1 is 1.42 bits per heavy atom. The van der Waals surface area contributed by atoms with Crippen LogP contribution in [0.1, 0.15) is 25.3 Å². The van der Waals surface area contributed by atoms with Gasteiger partial charge in [-0.25, -0.2) is 9.18 Å². The van der Waals surface area contributed by atoms with Gasteiger partial charge in [-0.15, -0.1) is 0 Å². The fraction of sp³-hybridized carbons (Fsp3) is 0.368. The fourth-order valence-corrected chi connectivity index (χ4v) is 2.85. The number of halogens is 2. The van der Waals surface area contributed by atoms with Gasteiger partial charge >= 0.3 is 6.03 Å². The lowest BCUT2D eigenvalue weighted by Crippen LogP contribution is -2.44. The normalized spacial score (nSPS) is 14.6. The summed E-state index contributed by atoms with van der Waals surface area (Å²) in [6.07, 6.45) is 4.90. The van der Waals surface area contributed by atoms with Crippen molar-refractivity contribution in [3.05, 3.63) is 59.1 Å². The lowest BCUT2D eigenvalue weighted by Gasteiger charge is -2.25. The molecule has 3 rings (SSSR count).